The second kappa shape index (κ2) is 4.13. The van der Waals surface area contributed by atoms with Crippen LogP contribution in [0.2, 0.25) is 10.0 Å². The normalized spacial score (nSPS) is 12.6. The lowest BCUT2D eigenvalue weighted by Crippen LogP contribution is -2.12. The van der Waals surface area contributed by atoms with E-state index in [9.17, 15) is 9.18 Å². The molecule has 0 aromatic heterocycles. The Morgan fingerprint density at radius 2 is 2.00 bits per heavy atom. The van der Waals surface area contributed by atoms with Crippen molar-refractivity contribution in [3.05, 3.63) is 33.6 Å². The molecule has 14 heavy (non-hydrogen) atoms. The molecular formula is C8H5Cl2FO3. The summed E-state index contributed by atoms with van der Waals surface area (Å²) in [7, 11) is 0. The van der Waals surface area contributed by atoms with Crippen molar-refractivity contribution in [2.24, 2.45) is 0 Å². The SMILES string of the molecule is O=C(O)[C@@H](O)c1ccc(Cl)c(Cl)c1F. The van der Waals surface area contributed by atoms with E-state index < -0.39 is 28.5 Å². The highest BCUT2D eigenvalue weighted by atomic mass is 35.5. The van der Waals surface area contributed by atoms with Crippen LogP contribution in [0.1, 0.15) is 11.7 Å². The van der Waals surface area contributed by atoms with Crippen LogP contribution in [0, 0.1) is 5.82 Å². The molecule has 0 heterocycles. The van der Waals surface area contributed by atoms with Gasteiger partial charge in [-0.15, -0.1) is 0 Å². The highest BCUT2D eigenvalue weighted by Gasteiger charge is 2.22. The van der Waals surface area contributed by atoms with E-state index in [0.29, 0.717) is 0 Å². The van der Waals surface area contributed by atoms with Gasteiger partial charge in [0.25, 0.3) is 0 Å². The number of halogens is 3. The van der Waals surface area contributed by atoms with Crippen molar-refractivity contribution in [1.29, 1.82) is 0 Å². The second-order valence-electron chi connectivity index (χ2n) is 2.51. The van der Waals surface area contributed by atoms with Gasteiger partial charge in [-0.25, -0.2) is 9.18 Å². The molecule has 1 aromatic carbocycles. The third kappa shape index (κ3) is 1.97. The first kappa shape index (κ1) is 11.2. The van der Waals surface area contributed by atoms with Crippen molar-refractivity contribution in [3.63, 3.8) is 0 Å². The van der Waals surface area contributed by atoms with Crippen molar-refractivity contribution >= 4 is 29.2 Å². The van der Waals surface area contributed by atoms with Crippen LogP contribution in [0.4, 0.5) is 4.39 Å². The van der Waals surface area contributed by atoms with Crippen LogP contribution in [0.25, 0.3) is 0 Å². The summed E-state index contributed by atoms with van der Waals surface area (Å²) in [4.78, 5) is 10.4. The van der Waals surface area contributed by atoms with Crippen LogP contribution in [-0.4, -0.2) is 16.2 Å². The number of benzene rings is 1. The fourth-order valence-electron chi connectivity index (χ4n) is 0.885. The van der Waals surface area contributed by atoms with Crippen molar-refractivity contribution in [2.75, 3.05) is 0 Å². The van der Waals surface area contributed by atoms with Gasteiger partial charge in [-0.1, -0.05) is 29.3 Å². The average Bonchev–Trinajstić information content (AvgIpc) is 2.13. The maximum Gasteiger partial charge on any atom is 0.337 e. The molecule has 2 N–H and O–H groups in total. The third-order valence-corrected chi connectivity index (χ3v) is 2.37. The van der Waals surface area contributed by atoms with Crippen LogP contribution >= 0.6 is 23.2 Å². The van der Waals surface area contributed by atoms with Gasteiger partial charge in [0.05, 0.1) is 10.0 Å². The Balaban J connectivity index is 3.24. The fraction of sp³-hybridized carbons (Fsp3) is 0.125. The van der Waals surface area contributed by atoms with Crippen LogP contribution < -0.4 is 0 Å². The maximum absolute atomic E-state index is 13.2. The standard InChI is InChI=1S/C8H5Cl2FO3/c9-4-2-1-3(6(11)5(4)10)7(12)8(13)14/h1-2,7,12H,(H,13,14)/t7-/m0/s1. The summed E-state index contributed by atoms with van der Waals surface area (Å²) in [5.74, 6) is -2.57. The Hall–Kier alpha value is -0.840. The minimum atomic E-state index is -1.94. The quantitative estimate of drug-likeness (QED) is 0.778. The number of aliphatic hydroxyl groups excluding tert-OH is 1. The molecule has 0 radical (unpaired) electrons. The monoisotopic (exact) mass is 238 g/mol. The molecule has 76 valence electrons. The highest BCUT2D eigenvalue weighted by Crippen LogP contribution is 2.30. The number of aliphatic carboxylic acids is 1. The smallest absolute Gasteiger partial charge is 0.337 e. The highest BCUT2D eigenvalue weighted by molar-refractivity contribution is 6.42. The second-order valence-corrected chi connectivity index (χ2v) is 3.29. The number of hydrogen-bond acceptors (Lipinski definition) is 2. The first-order valence-electron chi connectivity index (χ1n) is 3.49. The molecule has 6 heteroatoms. The molecule has 0 amide bonds. The topological polar surface area (TPSA) is 57.5 Å². The van der Waals surface area contributed by atoms with Gasteiger partial charge in [-0.3, -0.25) is 0 Å². The van der Waals surface area contributed by atoms with Crippen molar-refractivity contribution < 1.29 is 19.4 Å². The van der Waals surface area contributed by atoms with E-state index in [0.717, 1.165) is 6.07 Å². The molecule has 0 aliphatic heterocycles. The van der Waals surface area contributed by atoms with Crippen LogP contribution in [0.5, 0.6) is 0 Å². The Morgan fingerprint density at radius 1 is 1.43 bits per heavy atom. The summed E-state index contributed by atoms with van der Waals surface area (Å²) in [6, 6.07) is 2.29. The Labute approximate surface area is 88.7 Å². The molecule has 1 rings (SSSR count). The molecule has 0 aliphatic carbocycles. The summed E-state index contributed by atoms with van der Waals surface area (Å²) in [5.41, 5.74) is -0.410. The zero-order valence-electron chi connectivity index (χ0n) is 6.67. The Kier molecular flexibility index (Phi) is 3.31. The van der Waals surface area contributed by atoms with E-state index in [2.05, 4.69) is 0 Å². The van der Waals surface area contributed by atoms with Crippen LogP contribution in [0.15, 0.2) is 12.1 Å². The molecule has 1 atom stereocenters. The predicted octanol–water partition coefficient (Wildman–Crippen LogP) is 2.25. The largest absolute Gasteiger partial charge is 0.479 e. The molecule has 0 spiro atoms. The minimum Gasteiger partial charge on any atom is -0.479 e. The fourth-order valence-corrected chi connectivity index (χ4v) is 1.20. The number of carboxylic acids is 1. The van der Waals surface area contributed by atoms with Gasteiger partial charge in [-0.05, 0) is 6.07 Å². The first-order valence-corrected chi connectivity index (χ1v) is 4.25. The van der Waals surface area contributed by atoms with Gasteiger partial charge in [0, 0.05) is 5.56 Å². The van der Waals surface area contributed by atoms with E-state index in [1.165, 1.54) is 6.07 Å². The predicted molar refractivity (Wildman–Crippen MR) is 49.0 cm³/mol. The van der Waals surface area contributed by atoms with E-state index in [1.807, 2.05) is 0 Å². The number of aliphatic hydroxyl groups is 1. The van der Waals surface area contributed by atoms with Crippen molar-refractivity contribution in [1.82, 2.24) is 0 Å². The first-order chi connectivity index (χ1) is 6.45. The zero-order valence-corrected chi connectivity index (χ0v) is 8.18. The van der Waals surface area contributed by atoms with E-state index in [4.69, 9.17) is 33.4 Å². The third-order valence-electron chi connectivity index (χ3n) is 1.59. The van der Waals surface area contributed by atoms with Crippen LogP contribution in [0.3, 0.4) is 0 Å². The number of rotatable bonds is 2. The summed E-state index contributed by atoms with van der Waals surface area (Å²) in [5, 5.41) is 17.0. The molecule has 1 aromatic rings. The molecule has 3 nitrogen and oxygen atoms in total. The molecular weight excluding hydrogens is 234 g/mol. The molecule has 0 saturated carbocycles. The Bertz CT molecular complexity index is 381. The van der Waals surface area contributed by atoms with E-state index >= 15 is 0 Å². The van der Waals surface area contributed by atoms with Gasteiger partial charge in [0.2, 0.25) is 0 Å². The summed E-state index contributed by atoms with van der Waals surface area (Å²) < 4.78 is 13.2. The summed E-state index contributed by atoms with van der Waals surface area (Å²) in [6.45, 7) is 0. The summed E-state index contributed by atoms with van der Waals surface area (Å²) >= 11 is 10.9. The van der Waals surface area contributed by atoms with Gasteiger partial charge >= 0.3 is 5.97 Å². The minimum absolute atomic E-state index is 0.0366. The molecule has 0 fully saturated rings. The zero-order chi connectivity index (χ0) is 10.9. The van der Waals surface area contributed by atoms with Crippen molar-refractivity contribution in [2.45, 2.75) is 6.10 Å². The van der Waals surface area contributed by atoms with E-state index in [-0.39, 0.29) is 5.02 Å². The van der Waals surface area contributed by atoms with Gasteiger partial charge in [0.1, 0.15) is 5.82 Å². The molecule has 0 aliphatic rings. The van der Waals surface area contributed by atoms with Gasteiger partial charge in [0.15, 0.2) is 6.10 Å². The van der Waals surface area contributed by atoms with Crippen molar-refractivity contribution in [3.8, 4) is 0 Å². The molecule has 0 bridgehead atoms. The lowest BCUT2D eigenvalue weighted by molar-refractivity contribution is -0.147. The van der Waals surface area contributed by atoms with Crippen LogP contribution in [-0.2, 0) is 4.79 Å². The van der Waals surface area contributed by atoms with E-state index in [1.54, 1.807) is 0 Å². The number of carboxylic acid groups (broad SMARTS) is 1. The number of carbonyl (C=O) groups is 1. The Morgan fingerprint density at radius 3 is 2.50 bits per heavy atom. The lowest BCUT2D eigenvalue weighted by Gasteiger charge is -2.08. The number of hydrogen-bond donors (Lipinski definition) is 2. The average molecular weight is 239 g/mol. The lowest BCUT2D eigenvalue weighted by atomic mass is 10.1. The van der Waals surface area contributed by atoms with Gasteiger partial charge < -0.3 is 10.2 Å². The maximum atomic E-state index is 13.2. The van der Waals surface area contributed by atoms with Gasteiger partial charge in [-0.2, -0.15) is 0 Å². The molecule has 0 unspecified atom stereocenters. The summed E-state index contributed by atoms with van der Waals surface area (Å²) in [6.07, 6.45) is -1.94. The molecule has 0 saturated heterocycles.